The standard InChI is InChI=1S/C26H18BrF3N4O6/c1-2-39-22(35)14-40-23-16(11-18(27)12-21(23)34(37)38)13-31-33-24(15-6-5-7-17(10-15)26(28,29)30)32-20-9-4-3-8-19(20)25(33)36/h3-13H,2,14H2,1H3. The lowest BCUT2D eigenvalue weighted by Crippen LogP contribution is -2.21. The molecular weight excluding hydrogens is 601 g/mol. The lowest BCUT2D eigenvalue weighted by molar-refractivity contribution is -0.385. The highest BCUT2D eigenvalue weighted by atomic mass is 79.9. The third kappa shape index (κ3) is 6.17. The van der Waals surface area contributed by atoms with Crippen LogP contribution in [0.4, 0.5) is 18.9 Å². The number of hydrogen-bond donors (Lipinski definition) is 0. The van der Waals surface area contributed by atoms with Crippen LogP contribution in [0.1, 0.15) is 18.1 Å². The summed E-state index contributed by atoms with van der Waals surface area (Å²) in [6.07, 6.45) is -3.60. The van der Waals surface area contributed by atoms with Crippen molar-refractivity contribution in [3.8, 4) is 17.1 Å². The van der Waals surface area contributed by atoms with Crippen LogP contribution in [0.3, 0.4) is 0 Å². The molecule has 40 heavy (non-hydrogen) atoms. The number of carbonyl (C=O) groups excluding carboxylic acids is 1. The summed E-state index contributed by atoms with van der Waals surface area (Å²) < 4.78 is 51.5. The summed E-state index contributed by atoms with van der Waals surface area (Å²) in [7, 11) is 0. The van der Waals surface area contributed by atoms with Crippen molar-refractivity contribution in [2.24, 2.45) is 5.10 Å². The number of ether oxygens (including phenoxy) is 2. The van der Waals surface area contributed by atoms with Gasteiger partial charge in [-0.1, -0.05) is 40.2 Å². The Hall–Kier alpha value is -4.59. The Kier molecular flexibility index (Phi) is 8.28. The van der Waals surface area contributed by atoms with Gasteiger partial charge in [0, 0.05) is 21.7 Å². The summed E-state index contributed by atoms with van der Waals surface area (Å²) in [5.41, 5.74) is -2.01. The maximum atomic E-state index is 13.4. The molecule has 1 aromatic heterocycles. The van der Waals surface area contributed by atoms with E-state index in [2.05, 4.69) is 26.0 Å². The molecule has 0 spiro atoms. The van der Waals surface area contributed by atoms with Crippen molar-refractivity contribution in [1.82, 2.24) is 9.66 Å². The molecular formula is C26H18BrF3N4O6. The minimum Gasteiger partial charge on any atom is -0.474 e. The van der Waals surface area contributed by atoms with Gasteiger partial charge in [-0.05, 0) is 37.3 Å². The van der Waals surface area contributed by atoms with Crippen LogP contribution < -0.4 is 10.3 Å². The minimum absolute atomic E-state index is 0.0135. The van der Waals surface area contributed by atoms with Gasteiger partial charge < -0.3 is 9.47 Å². The van der Waals surface area contributed by atoms with E-state index in [4.69, 9.17) is 9.47 Å². The highest BCUT2D eigenvalue weighted by Gasteiger charge is 2.31. The Balaban J connectivity index is 1.91. The molecule has 1 heterocycles. The predicted octanol–water partition coefficient (Wildman–Crippen LogP) is 5.58. The molecule has 0 saturated heterocycles. The van der Waals surface area contributed by atoms with Crippen molar-refractivity contribution in [3.05, 3.63) is 96.7 Å². The number of carbonyl (C=O) groups is 1. The van der Waals surface area contributed by atoms with Crippen LogP contribution in [0.25, 0.3) is 22.3 Å². The topological polar surface area (TPSA) is 126 Å². The number of halogens is 4. The van der Waals surface area contributed by atoms with Gasteiger partial charge in [-0.25, -0.2) is 9.78 Å². The lowest BCUT2D eigenvalue weighted by atomic mass is 10.1. The maximum Gasteiger partial charge on any atom is 0.416 e. The first-order valence-corrected chi connectivity index (χ1v) is 12.3. The highest BCUT2D eigenvalue weighted by Crippen LogP contribution is 2.35. The summed E-state index contributed by atoms with van der Waals surface area (Å²) >= 11 is 3.17. The molecule has 0 bridgehead atoms. The van der Waals surface area contributed by atoms with Gasteiger partial charge in [-0.2, -0.15) is 22.9 Å². The summed E-state index contributed by atoms with van der Waals surface area (Å²) in [5, 5.41) is 16.0. The van der Waals surface area contributed by atoms with E-state index in [1.807, 2.05) is 0 Å². The van der Waals surface area contributed by atoms with Crippen LogP contribution in [-0.2, 0) is 15.7 Å². The number of nitro benzene ring substituents is 1. The second-order valence-corrected chi connectivity index (χ2v) is 9.00. The maximum absolute atomic E-state index is 13.4. The second-order valence-electron chi connectivity index (χ2n) is 8.09. The molecule has 3 aromatic carbocycles. The minimum atomic E-state index is -4.65. The van der Waals surface area contributed by atoms with E-state index < -0.39 is 40.5 Å². The molecule has 0 saturated carbocycles. The highest BCUT2D eigenvalue weighted by molar-refractivity contribution is 9.10. The molecule has 14 heteroatoms. The van der Waals surface area contributed by atoms with Crippen LogP contribution >= 0.6 is 15.9 Å². The molecule has 0 aliphatic rings. The molecule has 0 unspecified atom stereocenters. The molecule has 0 aliphatic carbocycles. The Morgan fingerprint density at radius 1 is 1.18 bits per heavy atom. The van der Waals surface area contributed by atoms with Crippen LogP contribution in [0.2, 0.25) is 0 Å². The van der Waals surface area contributed by atoms with Gasteiger partial charge >= 0.3 is 17.8 Å². The number of rotatable bonds is 8. The van der Waals surface area contributed by atoms with Gasteiger partial charge in [-0.15, -0.1) is 0 Å². The van der Waals surface area contributed by atoms with Crippen molar-refractivity contribution < 1.29 is 32.4 Å². The number of fused-ring (bicyclic) bond motifs is 1. The zero-order chi connectivity index (χ0) is 29.0. The lowest BCUT2D eigenvalue weighted by Gasteiger charge is -2.13. The Bertz CT molecular complexity index is 1700. The molecule has 0 amide bonds. The van der Waals surface area contributed by atoms with E-state index in [1.165, 1.54) is 30.3 Å². The molecule has 206 valence electrons. The summed E-state index contributed by atoms with van der Waals surface area (Å²) in [6.45, 7) is 0.995. The number of nitro groups is 1. The Labute approximate surface area is 231 Å². The van der Waals surface area contributed by atoms with E-state index in [0.717, 1.165) is 29.1 Å². The smallest absolute Gasteiger partial charge is 0.416 e. The number of esters is 1. The average Bonchev–Trinajstić information content (AvgIpc) is 2.91. The molecule has 10 nitrogen and oxygen atoms in total. The van der Waals surface area contributed by atoms with Crippen LogP contribution in [0.5, 0.6) is 5.75 Å². The monoisotopic (exact) mass is 618 g/mol. The zero-order valence-electron chi connectivity index (χ0n) is 20.5. The zero-order valence-corrected chi connectivity index (χ0v) is 22.1. The summed E-state index contributed by atoms with van der Waals surface area (Å²) in [4.78, 5) is 40.6. The number of benzene rings is 3. The molecule has 4 rings (SSSR count). The van der Waals surface area contributed by atoms with Crippen molar-refractivity contribution in [2.75, 3.05) is 13.2 Å². The SMILES string of the molecule is CCOC(=O)COc1c(C=Nn2c(-c3cccc(C(F)(F)F)c3)nc3ccccc3c2=O)cc(Br)cc1[N+](=O)[O-]. The Morgan fingerprint density at radius 2 is 1.93 bits per heavy atom. The fourth-order valence-electron chi connectivity index (χ4n) is 3.69. The van der Waals surface area contributed by atoms with E-state index >= 15 is 0 Å². The van der Waals surface area contributed by atoms with Gasteiger partial charge in [0.25, 0.3) is 5.56 Å². The number of aromatic nitrogens is 2. The van der Waals surface area contributed by atoms with Crippen LogP contribution in [0, 0.1) is 10.1 Å². The third-order valence-electron chi connectivity index (χ3n) is 5.41. The first-order chi connectivity index (χ1) is 19.0. The first kappa shape index (κ1) is 28.4. The summed E-state index contributed by atoms with van der Waals surface area (Å²) in [5.74, 6) is -1.32. The second kappa shape index (κ2) is 11.7. The number of hydrogen-bond acceptors (Lipinski definition) is 8. The van der Waals surface area contributed by atoms with Gasteiger partial charge in [0.05, 0.1) is 34.2 Å². The van der Waals surface area contributed by atoms with E-state index in [9.17, 15) is 32.9 Å². The largest absolute Gasteiger partial charge is 0.474 e. The molecule has 0 aliphatic heterocycles. The molecule has 4 aromatic rings. The van der Waals surface area contributed by atoms with Crippen LogP contribution in [-0.4, -0.2) is 40.0 Å². The van der Waals surface area contributed by atoms with E-state index in [1.54, 1.807) is 19.1 Å². The summed E-state index contributed by atoms with van der Waals surface area (Å²) in [6, 6.07) is 13.0. The normalized spacial score (nSPS) is 11.6. The van der Waals surface area contributed by atoms with Gasteiger partial charge in [-0.3, -0.25) is 14.9 Å². The predicted molar refractivity (Wildman–Crippen MR) is 142 cm³/mol. The van der Waals surface area contributed by atoms with Crippen LogP contribution in [0.15, 0.2) is 75.0 Å². The first-order valence-electron chi connectivity index (χ1n) is 11.5. The molecule has 0 atom stereocenters. The number of alkyl halides is 3. The average molecular weight is 619 g/mol. The number of nitrogens with zero attached hydrogens (tertiary/aromatic N) is 4. The van der Waals surface area contributed by atoms with E-state index in [-0.39, 0.29) is 44.7 Å². The van der Waals surface area contributed by atoms with Crippen molar-refractivity contribution in [1.29, 1.82) is 0 Å². The van der Waals surface area contributed by atoms with Gasteiger partial charge in [0.15, 0.2) is 12.4 Å². The quantitative estimate of drug-likeness (QED) is 0.109. The fourth-order valence-corrected chi connectivity index (χ4v) is 4.16. The molecule has 0 fully saturated rings. The Morgan fingerprint density at radius 3 is 2.62 bits per heavy atom. The fraction of sp³-hybridized carbons (Fsp3) is 0.154. The third-order valence-corrected chi connectivity index (χ3v) is 5.87. The molecule has 0 N–H and O–H groups in total. The van der Waals surface area contributed by atoms with Gasteiger partial charge in [0.1, 0.15) is 0 Å². The van der Waals surface area contributed by atoms with Crippen molar-refractivity contribution in [3.63, 3.8) is 0 Å². The van der Waals surface area contributed by atoms with E-state index in [0.29, 0.717) is 0 Å². The van der Waals surface area contributed by atoms with Crippen molar-refractivity contribution >= 4 is 44.7 Å². The molecule has 0 radical (unpaired) electrons. The number of para-hydroxylation sites is 1. The van der Waals surface area contributed by atoms with Crippen molar-refractivity contribution in [2.45, 2.75) is 13.1 Å². The van der Waals surface area contributed by atoms with Gasteiger partial charge in [0.2, 0.25) is 5.75 Å².